The summed E-state index contributed by atoms with van der Waals surface area (Å²) in [4.78, 5) is 0. The van der Waals surface area contributed by atoms with Crippen molar-refractivity contribution in [1.82, 2.24) is 19.6 Å². The highest BCUT2D eigenvalue weighted by atomic mass is 19.1. The molecule has 2 aromatic heterocycles. The van der Waals surface area contributed by atoms with E-state index in [1.54, 1.807) is 27.7 Å². The Kier molecular flexibility index (Phi) is 3.94. The van der Waals surface area contributed by atoms with Gasteiger partial charge in [-0.05, 0) is 29.8 Å². The molecule has 0 aliphatic carbocycles. The van der Waals surface area contributed by atoms with Gasteiger partial charge in [0.2, 0.25) is 0 Å². The smallest absolute Gasteiger partial charge is 0.146 e. The second-order valence-electron chi connectivity index (χ2n) is 6.12. The summed E-state index contributed by atoms with van der Waals surface area (Å²) >= 11 is 0. The van der Waals surface area contributed by atoms with Crippen molar-refractivity contribution in [3.63, 3.8) is 0 Å². The zero-order valence-electron chi connectivity index (χ0n) is 14.5. The van der Waals surface area contributed by atoms with E-state index in [4.69, 9.17) is 11.0 Å². The standard InChI is InChI=1S/C20H15FN6/c1-26-12-16(11-24-26)13-4-6-17(7-5-13)27-19(9-20(23)25-27)14-2-3-15(10-22)18(21)8-14/h2-9,11-12H,1H3,(H2,23,25). The maximum atomic E-state index is 14.0. The number of hydrogen-bond acceptors (Lipinski definition) is 4. The van der Waals surface area contributed by atoms with Crippen molar-refractivity contribution in [1.29, 1.82) is 5.26 Å². The average molecular weight is 358 g/mol. The zero-order chi connectivity index (χ0) is 19.0. The van der Waals surface area contributed by atoms with Crippen LogP contribution in [-0.2, 0) is 7.05 Å². The molecular weight excluding hydrogens is 343 g/mol. The van der Waals surface area contributed by atoms with Gasteiger partial charge in [0.05, 0.1) is 23.1 Å². The Balaban J connectivity index is 1.75. The molecule has 132 valence electrons. The van der Waals surface area contributed by atoms with E-state index in [0.717, 1.165) is 16.8 Å². The fourth-order valence-corrected chi connectivity index (χ4v) is 2.93. The van der Waals surface area contributed by atoms with Crippen LogP contribution in [0.15, 0.2) is 60.9 Å². The maximum absolute atomic E-state index is 14.0. The lowest BCUT2D eigenvalue weighted by atomic mass is 10.1. The predicted molar refractivity (Wildman–Crippen MR) is 100 cm³/mol. The lowest BCUT2D eigenvalue weighted by molar-refractivity contribution is 0.624. The summed E-state index contributed by atoms with van der Waals surface area (Å²) in [5, 5.41) is 17.4. The van der Waals surface area contributed by atoms with E-state index in [2.05, 4.69) is 10.2 Å². The van der Waals surface area contributed by atoms with Gasteiger partial charge in [-0.1, -0.05) is 18.2 Å². The molecule has 2 aromatic carbocycles. The Labute approximate surface area is 154 Å². The molecule has 0 atom stereocenters. The zero-order valence-corrected chi connectivity index (χ0v) is 14.5. The summed E-state index contributed by atoms with van der Waals surface area (Å²) in [7, 11) is 1.87. The quantitative estimate of drug-likeness (QED) is 0.607. The fraction of sp³-hybridized carbons (Fsp3) is 0.0500. The van der Waals surface area contributed by atoms with Crippen LogP contribution >= 0.6 is 0 Å². The van der Waals surface area contributed by atoms with Gasteiger partial charge in [-0.15, -0.1) is 0 Å². The molecule has 0 saturated carbocycles. The molecule has 0 aliphatic heterocycles. The van der Waals surface area contributed by atoms with Gasteiger partial charge >= 0.3 is 0 Å². The van der Waals surface area contributed by atoms with Crippen molar-refractivity contribution < 1.29 is 4.39 Å². The first-order valence-electron chi connectivity index (χ1n) is 8.20. The molecule has 0 aliphatic rings. The van der Waals surface area contributed by atoms with E-state index in [0.29, 0.717) is 17.1 Å². The second kappa shape index (κ2) is 6.42. The monoisotopic (exact) mass is 358 g/mol. The number of nitriles is 1. The second-order valence-corrected chi connectivity index (χ2v) is 6.12. The Hall–Kier alpha value is -3.92. The van der Waals surface area contributed by atoms with E-state index in [-0.39, 0.29) is 5.56 Å². The molecule has 27 heavy (non-hydrogen) atoms. The molecule has 2 heterocycles. The van der Waals surface area contributed by atoms with Crippen molar-refractivity contribution in [2.75, 3.05) is 5.73 Å². The summed E-state index contributed by atoms with van der Waals surface area (Å²) in [6, 6.07) is 15.7. The molecule has 7 heteroatoms. The highest BCUT2D eigenvalue weighted by Gasteiger charge is 2.13. The average Bonchev–Trinajstić information content (AvgIpc) is 3.27. The van der Waals surface area contributed by atoms with E-state index in [1.165, 1.54) is 12.1 Å². The lowest BCUT2D eigenvalue weighted by Crippen LogP contribution is -2.00. The molecule has 0 fully saturated rings. The SMILES string of the molecule is Cn1cc(-c2ccc(-n3nc(N)cc3-c3ccc(C#N)c(F)c3)cc2)cn1. The fourth-order valence-electron chi connectivity index (χ4n) is 2.93. The van der Waals surface area contributed by atoms with Crippen LogP contribution < -0.4 is 5.73 Å². The lowest BCUT2D eigenvalue weighted by Gasteiger charge is -2.09. The topological polar surface area (TPSA) is 85.5 Å². The van der Waals surface area contributed by atoms with Gasteiger partial charge in [0.25, 0.3) is 0 Å². The third kappa shape index (κ3) is 3.04. The first kappa shape index (κ1) is 16.5. The van der Waals surface area contributed by atoms with E-state index < -0.39 is 5.82 Å². The summed E-state index contributed by atoms with van der Waals surface area (Å²) in [5.41, 5.74) is 9.94. The van der Waals surface area contributed by atoms with E-state index in [9.17, 15) is 4.39 Å². The molecule has 0 spiro atoms. The van der Waals surface area contributed by atoms with Gasteiger partial charge in [0, 0.05) is 30.4 Å². The predicted octanol–water partition coefficient (Wildman–Crippen LogP) is 3.53. The number of nitrogen functional groups attached to an aromatic ring is 1. The minimum atomic E-state index is -0.576. The molecule has 0 saturated heterocycles. The van der Waals surface area contributed by atoms with Crippen molar-refractivity contribution in [2.45, 2.75) is 0 Å². The molecule has 4 rings (SSSR count). The van der Waals surface area contributed by atoms with Gasteiger partial charge in [0.15, 0.2) is 0 Å². The van der Waals surface area contributed by atoms with Crippen molar-refractivity contribution in [3.8, 4) is 34.1 Å². The largest absolute Gasteiger partial charge is 0.382 e. The first-order chi connectivity index (χ1) is 13.0. The molecule has 0 amide bonds. The number of halogens is 1. The third-order valence-electron chi connectivity index (χ3n) is 4.26. The molecule has 0 unspecified atom stereocenters. The highest BCUT2D eigenvalue weighted by Crippen LogP contribution is 2.28. The summed E-state index contributed by atoms with van der Waals surface area (Å²) in [6.07, 6.45) is 3.73. The minimum absolute atomic E-state index is 0.00129. The van der Waals surface area contributed by atoms with Gasteiger partial charge in [0.1, 0.15) is 17.7 Å². The summed E-state index contributed by atoms with van der Waals surface area (Å²) in [5.74, 6) is -0.251. The van der Waals surface area contributed by atoms with Crippen LogP contribution in [0.1, 0.15) is 5.56 Å². The van der Waals surface area contributed by atoms with Crippen LogP contribution in [-0.4, -0.2) is 19.6 Å². The van der Waals surface area contributed by atoms with Crippen molar-refractivity contribution >= 4 is 5.82 Å². The Morgan fingerprint density at radius 3 is 2.41 bits per heavy atom. The number of aryl methyl sites for hydroxylation is 1. The number of hydrogen-bond donors (Lipinski definition) is 1. The van der Waals surface area contributed by atoms with Gasteiger partial charge in [-0.2, -0.15) is 15.5 Å². The normalized spacial score (nSPS) is 10.7. The van der Waals surface area contributed by atoms with E-state index in [1.807, 2.05) is 43.6 Å². The number of rotatable bonds is 3. The minimum Gasteiger partial charge on any atom is -0.382 e. The Morgan fingerprint density at radius 2 is 1.78 bits per heavy atom. The first-order valence-corrected chi connectivity index (χ1v) is 8.20. The third-order valence-corrected chi connectivity index (χ3v) is 4.26. The van der Waals surface area contributed by atoms with Gasteiger partial charge < -0.3 is 5.73 Å². The number of benzene rings is 2. The molecule has 4 aromatic rings. The summed E-state index contributed by atoms with van der Waals surface area (Å²) < 4.78 is 17.4. The van der Waals surface area contributed by atoms with Crippen LogP contribution in [0.5, 0.6) is 0 Å². The van der Waals surface area contributed by atoms with Gasteiger partial charge in [-0.25, -0.2) is 9.07 Å². The van der Waals surface area contributed by atoms with Crippen molar-refractivity contribution in [2.24, 2.45) is 7.05 Å². The van der Waals surface area contributed by atoms with Crippen molar-refractivity contribution in [3.05, 3.63) is 72.3 Å². The Bertz CT molecular complexity index is 1160. The summed E-state index contributed by atoms with van der Waals surface area (Å²) in [6.45, 7) is 0. The number of anilines is 1. The number of nitrogens with two attached hydrogens (primary N) is 1. The van der Waals surface area contributed by atoms with Crippen LogP contribution in [0.4, 0.5) is 10.2 Å². The number of aromatic nitrogens is 4. The van der Waals surface area contributed by atoms with Crippen LogP contribution in [0.2, 0.25) is 0 Å². The van der Waals surface area contributed by atoms with E-state index >= 15 is 0 Å². The Morgan fingerprint density at radius 1 is 1.04 bits per heavy atom. The molecule has 2 N–H and O–H groups in total. The van der Waals surface area contributed by atoms with Crippen LogP contribution in [0.3, 0.4) is 0 Å². The molecular formula is C20H15FN6. The molecule has 0 bridgehead atoms. The highest BCUT2D eigenvalue weighted by molar-refractivity contribution is 5.68. The molecule has 0 radical (unpaired) electrons. The number of nitrogens with zero attached hydrogens (tertiary/aromatic N) is 5. The van der Waals surface area contributed by atoms with Gasteiger partial charge in [-0.3, -0.25) is 4.68 Å². The maximum Gasteiger partial charge on any atom is 0.146 e. The van der Waals surface area contributed by atoms with Crippen LogP contribution in [0, 0.1) is 17.1 Å². The molecule has 6 nitrogen and oxygen atoms in total. The van der Waals surface area contributed by atoms with Crippen LogP contribution in [0.25, 0.3) is 28.1 Å².